The molecule has 7 heteroatoms. The maximum Gasteiger partial charge on any atom is 0.419 e. The lowest BCUT2D eigenvalue weighted by Gasteiger charge is -2.12. The molecule has 0 unspecified atom stereocenters. The SMILES string of the molecule is COc1ncccc1NCc1ccc(F)c(C(F)(F)F)c1. The third kappa shape index (κ3) is 3.62. The molecule has 0 spiro atoms. The largest absolute Gasteiger partial charge is 0.480 e. The number of ether oxygens (including phenoxy) is 1. The number of nitrogens with one attached hydrogen (secondary N) is 1. The van der Waals surface area contributed by atoms with Crippen LogP contribution in [0.3, 0.4) is 0 Å². The van der Waals surface area contributed by atoms with E-state index in [1.807, 2.05) is 0 Å². The summed E-state index contributed by atoms with van der Waals surface area (Å²) in [5.74, 6) is -0.958. The zero-order valence-electron chi connectivity index (χ0n) is 11.0. The van der Waals surface area contributed by atoms with Crippen LogP contribution in [0.15, 0.2) is 36.5 Å². The molecule has 21 heavy (non-hydrogen) atoms. The van der Waals surface area contributed by atoms with E-state index in [0.717, 1.165) is 12.1 Å². The lowest BCUT2D eigenvalue weighted by molar-refractivity contribution is -0.140. The molecule has 0 amide bonds. The topological polar surface area (TPSA) is 34.1 Å². The Morgan fingerprint density at radius 1 is 1.24 bits per heavy atom. The van der Waals surface area contributed by atoms with E-state index in [0.29, 0.717) is 17.1 Å². The predicted octanol–water partition coefficient (Wildman–Crippen LogP) is 3.86. The Bertz CT molecular complexity index is 629. The zero-order chi connectivity index (χ0) is 15.5. The van der Waals surface area contributed by atoms with Crippen LogP contribution in [0.25, 0.3) is 0 Å². The van der Waals surface area contributed by atoms with Crippen molar-refractivity contribution >= 4 is 5.69 Å². The number of rotatable bonds is 4. The highest BCUT2D eigenvalue weighted by Crippen LogP contribution is 2.32. The molecule has 0 aliphatic rings. The van der Waals surface area contributed by atoms with Crippen molar-refractivity contribution in [1.29, 1.82) is 0 Å². The molecule has 0 saturated heterocycles. The van der Waals surface area contributed by atoms with Crippen LogP contribution >= 0.6 is 0 Å². The van der Waals surface area contributed by atoms with Gasteiger partial charge in [-0.15, -0.1) is 0 Å². The van der Waals surface area contributed by atoms with Gasteiger partial charge < -0.3 is 10.1 Å². The minimum atomic E-state index is -4.72. The highest BCUT2D eigenvalue weighted by molar-refractivity contribution is 5.52. The maximum absolute atomic E-state index is 13.2. The fourth-order valence-corrected chi connectivity index (χ4v) is 1.78. The number of nitrogens with zero attached hydrogens (tertiary/aromatic N) is 1. The molecule has 1 aromatic carbocycles. The number of halogens is 4. The van der Waals surface area contributed by atoms with Gasteiger partial charge in [-0.1, -0.05) is 6.07 Å². The Morgan fingerprint density at radius 3 is 2.67 bits per heavy atom. The molecule has 0 radical (unpaired) electrons. The molecule has 1 N–H and O–H groups in total. The molecular formula is C14H12F4N2O. The molecule has 0 bridgehead atoms. The van der Waals surface area contributed by atoms with Crippen LogP contribution < -0.4 is 10.1 Å². The van der Waals surface area contributed by atoms with Crippen LogP contribution in [0.1, 0.15) is 11.1 Å². The summed E-state index contributed by atoms with van der Waals surface area (Å²) >= 11 is 0. The zero-order valence-corrected chi connectivity index (χ0v) is 11.0. The summed E-state index contributed by atoms with van der Waals surface area (Å²) in [4.78, 5) is 3.96. The van der Waals surface area contributed by atoms with Crippen molar-refractivity contribution in [1.82, 2.24) is 4.98 Å². The second-order valence-electron chi connectivity index (χ2n) is 4.23. The Morgan fingerprint density at radius 2 is 2.00 bits per heavy atom. The molecule has 2 rings (SSSR count). The first-order valence-corrected chi connectivity index (χ1v) is 6.00. The Hall–Kier alpha value is -2.31. The van der Waals surface area contributed by atoms with E-state index in [2.05, 4.69) is 10.3 Å². The van der Waals surface area contributed by atoms with Gasteiger partial charge in [-0.2, -0.15) is 13.2 Å². The minimum absolute atomic E-state index is 0.0887. The van der Waals surface area contributed by atoms with Crippen molar-refractivity contribution in [2.45, 2.75) is 12.7 Å². The second-order valence-corrected chi connectivity index (χ2v) is 4.23. The van der Waals surface area contributed by atoms with Gasteiger partial charge in [0.05, 0.1) is 18.4 Å². The fourth-order valence-electron chi connectivity index (χ4n) is 1.78. The van der Waals surface area contributed by atoms with Crippen LogP contribution in [0.2, 0.25) is 0 Å². The predicted molar refractivity (Wildman–Crippen MR) is 69.5 cm³/mol. The molecule has 1 aromatic heterocycles. The van der Waals surface area contributed by atoms with Crippen molar-refractivity contribution in [3.8, 4) is 5.88 Å². The van der Waals surface area contributed by atoms with Gasteiger partial charge in [0, 0.05) is 12.7 Å². The molecular weight excluding hydrogens is 288 g/mol. The van der Waals surface area contributed by atoms with E-state index >= 15 is 0 Å². The Balaban J connectivity index is 2.17. The Kier molecular flexibility index (Phi) is 4.30. The highest BCUT2D eigenvalue weighted by atomic mass is 19.4. The van der Waals surface area contributed by atoms with Crippen LogP contribution in [0.4, 0.5) is 23.2 Å². The average molecular weight is 300 g/mol. The number of anilines is 1. The molecule has 0 aliphatic heterocycles. The average Bonchev–Trinajstić information content (AvgIpc) is 2.45. The third-order valence-corrected chi connectivity index (χ3v) is 2.78. The summed E-state index contributed by atoms with van der Waals surface area (Å²) < 4.78 is 56.1. The summed E-state index contributed by atoms with van der Waals surface area (Å²) in [6.45, 7) is 0.0887. The van der Waals surface area contributed by atoms with Crippen molar-refractivity contribution in [2.24, 2.45) is 0 Å². The number of methoxy groups -OCH3 is 1. The third-order valence-electron chi connectivity index (χ3n) is 2.78. The summed E-state index contributed by atoms with van der Waals surface area (Å²) in [5, 5.41) is 2.90. The molecule has 112 valence electrons. The minimum Gasteiger partial charge on any atom is -0.480 e. The number of hydrogen-bond acceptors (Lipinski definition) is 3. The maximum atomic E-state index is 13.2. The molecule has 0 saturated carbocycles. The smallest absolute Gasteiger partial charge is 0.419 e. The van der Waals surface area contributed by atoms with Gasteiger partial charge >= 0.3 is 6.18 Å². The van der Waals surface area contributed by atoms with Crippen LogP contribution in [0, 0.1) is 5.82 Å². The van der Waals surface area contributed by atoms with E-state index in [4.69, 9.17) is 4.74 Å². The van der Waals surface area contributed by atoms with E-state index in [-0.39, 0.29) is 6.54 Å². The normalized spacial score (nSPS) is 11.3. The fraction of sp³-hybridized carbons (Fsp3) is 0.214. The van der Waals surface area contributed by atoms with Crippen molar-refractivity contribution in [3.63, 3.8) is 0 Å². The molecule has 2 aromatic rings. The highest BCUT2D eigenvalue weighted by Gasteiger charge is 2.34. The van der Waals surface area contributed by atoms with Gasteiger partial charge in [0.1, 0.15) is 5.82 Å². The number of aromatic nitrogens is 1. The first-order valence-electron chi connectivity index (χ1n) is 6.00. The summed E-state index contributed by atoms with van der Waals surface area (Å²) in [6.07, 6.45) is -3.18. The van der Waals surface area contributed by atoms with Gasteiger partial charge in [0.25, 0.3) is 0 Å². The molecule has 0 atom stereocenters. The first kappa shape index (κ1) is 15.1. The van der Waals surface area contributed by atoms with Gasteiger partial charge in [-0.05, 0) is 29.8 Å². The summed E-state index contributed by atoms with van der Waals surface area (Å²) in [6, 6.07) is 6.22. The molecule has 0 fully saturated rings. The molecule has 1 heterocycles. The number of benzene rings is 1. The van der Waals surface area contributed by atoms with Crippen LogP contribution in [0.5, 0.6) is 5.88 Å². The number of pyridine rings is 1. The second kappa shape index (κ2) is 5.99. The van der Waals surface area contributed by atoms with E-state index in [1.54, 1.807) is 12.1 Å². The van der Waals surface area contributed by atoms with Gasteiger partial charge in [0.15, 0.2) is 0 Å². The van der Waals surface area contributed by atoms with Gasteiger partial charge in [-0.3, -0.25) is 0 Å². The van der Waals surface area contributed by atoms with Gasteiger partial charge in [0.2, 0.25) is 5.88 Å². The standard InChI is InChI=1S/C14H12F4N2O/c1-21-13-12(3-2-6-19-13)20-8-9-4-5-11(15)10(7-9)14(16,17)18/h2-7,20H,8H2,1H3. The van der Waals surface area contributed by atoms with E-state index in [1.165, 1.54) is 19.4 Å². The lowest BCUT2D eigenvalue weighted by atomic mass is 10.1. The van der Waals surface area contributed by atoms with Crippen molar-refractivity contribution in [2.75, 3.05) is 12.4 Å². The van der Waals surface area contributed by atoms with Crippen LogP contribution in [-0.2, 0) is 12.7 Å². The molecule has 3 nitrogen and oxygen atoms in total. The van der Waals surface area contributed by atoms with Gasteiger partial charge in [-0.25, -0.2) is 9.37 Å². The van der Waals surface area contributed by atoms with Crippen molar-refractivity contribution < 1.29 is 22.3 Å². The summed E-state index contributed by atoms with van der Waals surface area (Å²) in [5.41, 5.74) is -0.438. The quantitative estimate of drug-likeness (QED) is 0.871. The van der Waals surface area contributed by atoms with E-state index in [9.17, 15) is 17.6 Å². The Labute approximate surface area is 118 Å². The number of hydrogen-bond donors (Lipinski definition) is 1. The van der Waals surface area contributed by atoms with Crippen molar-refractivity contribution in [3.05, 3.63) is 53.5 Å². The lowest BCUT2D eigenvalue weighted by Crippen LogP contribution is -2.10. The first-order chi connectivity index (χ1) is 9.91. The van der Waals surface area contributed by atoms with E-state index < -0.39 is 17.6 Å². The molecule has 0 aliphatic carbocycles. The van der Waals surface area contributed by atoms with Crippen LogP contribution in [-0.4, -0.2) is 12.1 Å². The summed E-state index contributed by atoms with van der Waals surface area (Å²) in [7, 11) is 1.44. The number of alkyl halides is 3. The monoisotopic (exact) mass is 300 g/mol.